The molecule has 1 fully saturated rings. The van der Waals surface area contributed by atoms with Crippen LogP contribution in [-0.4, -0.2) is 52.8 Å². The number of rotatable bonds is 6. The summed E-state index contributed by atoms with van der Waals surface area (Å²) >= 11 is 0. The summed E-state index contributed by atoms with van der Waals surface area (Å²) in [5, 5.41) is 0. The molecular weight excluding hydrogens is 398 g/mol. The second kappa shape index (κ2) is 10.1. The number of hydrogen-bond donors (Lipinski definition) is 0. The first kappa shape index (κ1) is 21.5. The highest BCUT2D eigenvalue weighted by atomic mass is 16.2. The molecule has 1 aromatic heterocycles. The summed E-state index contributed by atoms with van der Waals surface area (Å²) < 4.78 is 0. The van der Waals surface area contributed by atoms with E-state index in [9.17, 15) is 9.59 Å². The van der Waals surface area contributed by atoms with Gasteiger partial charge in [-0.15, -0.1) is 6.58 Å². The Hall–Kier alpha value is -3.73. The molecule has 1 atom stereocenters. The number of carbonyl (C=O) groups is 2. The van der Waals surface area contributed by atoms with Gasteiger partial charge in [0.1, 0.15) is 0 Å². The van der Waals surface area contributed by atoms with Crippen molar-refractivity contribution in [1.29, 1.82) is 0 Å². The lowest BCUT2D eigenvalue weighted by Gasteiger charge is -2.24. The predicted octanol–water partition coefficient (Wildman–Crippen LogP) is 4.08. The van der Waals surface area contributed by atoms with Crippen molar-refractivity contribution in [2.24, 2.45) is 5.92 Å². The molecule has 3 aromatic rings. The molecule has 0 N–H and O–H groups in total. The Morgan fingerprint density at radius 3 is 2.53 bits per heavy atom. The average molecular weight is 426 g/mol. The maximum absolute atomic E-state index is 13.3. The third kappa shape index (κ3) is 4.94. The maximum atomic E-state index is 13.3. The van der Waals surface area contributed by atoms with Crippen LogP contribution in [0.3, 0.4) is 0 Å². The van der Waals surface area contributed by atoms with E-state index in [1.165, 1.54) is 0 Å². The van der Waals surface area contributed by atoms with Crippen LogP contribution in [0.5, 0.6) is 0 Å². The van der Waals surface area contributed by atoms with Crippen LogP contribution in [-0.2, 0) is 11.2 Å². The van der Waals surface area contributed by atoms with Crippen LogP contribution >= 0.6 is 0 Å². The van der Waals surface area contributed by atoms with Crippen molar-refractivity contribution in [3.8, 4) is 11.1 Å². The summed E-state index contributed by atoms with van der Waals surface area (Å²) in [5.74, 6) is -0.269. The van der Waals surface area contributed by atoms with Gasteiger partial charge in [0.2, 0.25) is 5.91 Å². The van der Waals surface area contributed by atoms with Crippen molar-refractivity contribution in [1.82, 2.24) is 14.8 Å². The second-order valence-electron chi connectivity index (χ2n) is 8.03. The molecule has 1 unspecified atom stereocenters. The Balaban J connectivity index is 1.59. The van der Waals surface area contributed by atoms with Gasteiger partial charge in [-0.25, -0.2) is 0 Å². The summed E-state index contributed by atoms with van der Waals surface area (Å²) in [6.45, 7) is 5.71. The normalized spacial score (nSPS) is 16.5. The number of hydrogen-bond acceptors (Lipinski definition) is 3. The van der Waals surface area contributed by atoms with E-state index < -0.39 is 0 Å². The van der Waals surface area contributed by atoms with Crippen LogP contribution in [0.25, 0.3) is 11.1 Å². The number of aromatic nitrogens is 1. The first-order valence-electron chi connectivity index (χ1n) is 10.9. The minimum Gasteiger partial charge on any atom is -0.337 e. The summed E-state index contributed by atoms with van der Waals surface area (Å²) in [6, 6.07) is 21.5. The highest BCUT2D eigenvalue weighted by molar-refractivity contribution is 5.94. The van der Waals surface area contributed by atoms with E-state index in [1.807, 2.05) is 64.4 Å². The Morgan fingerprint density at radius 1 is 1.00 bits per heavy atom. The Bertz CT molecular complexity index is 1080. The molecule has 1 aliphatic heterocycles. The Morgan fingerprint density at radius 2 is 1.78 bits per heavy atom. The average Bonchev–Trinajstić information content (AvgIpc) is 2.99. The smallest absolute Gasteiger partial charge is 0.253 e. The summed E-state index contributed by atoms with van der Waals surface area (Å²) in [6.07, 6.45) is 5.87. The third-order valence-corrected chi connectivity index (χ3v) is 5.82. The lowest BCUT2D eigenvalue weighted by Crippen LogP contribution is -2.38. The van der Waals surface area contributed by atoms with Crippen LogP contribution in [0.2, 0.25) is 0 Å². The molecule has 2 aromatic carbocycles. The molecule has 0 radical (unpaired) electrons. The first-order valence-corrected chi connectivity index (χ1v) is 10.9. The topological polar surface area (TPSA) is 53.5 Å². The molecule has 1 aliphatic rings. The summed E-state index contributed by atoms with van der Waals surface area (Å²) in [5.41, 5.74) is 3.90. The van der Waals surface area contributed by atoms with E-state index in [0.29, 0.717) is 38.2 Å². The van der Waals surface area contributed by atoms with Crippen molar-refractivity contribution in [3.63, 3.8) is 0 Å². The summed E-state index contributed by atoms with van der Waals surface area (Å²) in [7, 11) is 0. The first-order chi connectivity index (χ1) is 15.7. The molecule has 0 aliphatic carbocycles. The number of benzene rings is 2. The molecule has 0 spiro atoms. The van der Waals surface area contributed by atoms with Crippen molar-refractivity contribution in [3.05, 3.63) is 103 Å². The number of nitrogens with zero attached hydrogens (tertiary/aromatic N) is 3. The van der Waals surface area contributed by atoms with Crippen LogP contribution in [0, 0.1) is 5.92 Å². The maximum Gasteiger partial charge on any atom is 0.253 e. The van der Waals surface area contributed by atoms with Crippen LogP contribution < -0.4 is 0 Å². The van der Waals surface area contributed by atoms with Crippen LogP contribution in [0.15, 0.2) is 91.8 Å². The van der Waals surface area contributed by atoms with Gasteiger partial charge in [-0.2, -0.15) is 0 Å². The van der Waals surface area contributed by atoms with Crippen molar-refractivity contribution >= 4 is 11.8 Å². The third-order valence-electron chi connectivity index (χ3n) is 5.82. The zero-order valence-corrected chi connectivity index (χ0v) is 18.1. The lowest BCUT2D eigenvalue weighted by molar-refractivity contribution is -0.134. The molecule has 2 amide bonds. The molecule has 5 nitrogen and oxygen atoms in total. The van der Waals surface area contributed by atoms with E-state index in [1.54, 1.807) is 18.5 Å². The van der Waals surface area contributed by atoms with E-state index in [0.717, 1.165) is 16.7 Å². The number of amides is 2. The Labute approximate surface area is 189 Å². The van der Waals surface area contributed by atoms with E-state index >= 15 is 0 Å². The van der Waals surface area contributed by atoms with E-state index in [-0.39, 0.29) is 17.7 Å². The van der Waals surface area contributed by atoms with Gasteiger partial charge in [-0.1, -0.05) is 48.5 Å². The fourth-order valence-corrected chi connectivity index (χ4v) is 4.19. The zero-order valence-electron chi connectivity index (χ0n) is 18.1. The second-order valence-corrected chi connectivity index (χ2v) is 8.03. The molecule has 32 heavy (non-hydrogen) atoms. The molecule has 5 heteroatoms. The quantitative estimate of drug-likeness (QED) is 0.559. The van der Waals surface area contributed by atoms with Gasteiger partial charge in [0.25, 0.3) is 5.91 Å². The van der Waals surface area contributed by atoms with Crippen molar-refractivity contribution in [2.75, 3.05) is 26.2 Å². The standard InChI is InChI=1S/C27H27N3O2/c1-2-15-29-16-17-30(26(31)23-8-4-3-5-9-23)20-25(27(29)32)19-21-7-6-10-24(18-21)22-11-13-28-14-12-22/h2-14,18,25H,1,15-17,19-20H2. The van der Waals surface area contributed by atoms with Gasteiger partial charge in [0, 0.05) is 44.1 Å². The van der Waals surface area contributed by atoms with Gasteiger partial charge in [0.05, 0.1) is 5.92 Å². The molecular formula is C27H27N3O2. The van der Waals surface area contributed by atoms with Gasteiger partial charge in [-0.05, 0) is 47.4 Å². The number of carbonyl (C=O) groups excluding carboxylic acids is 2. The fourth-order valence-electron chi connectivity index (χ4n) is 4.19. The highest BCUT2D eigenvalue weighted by Crippen LogP contribution is 2.23. The van der Waals surface area contributed by atoms with Gasteiger partial charge < -0.3 is 9.80 Å². The summed E-state index contributed by atoms with van der Waals surface area (Å²) in [4.78, 5) is 34.2. The number of pyridine rings is 1. The largest absolute Gasteiger partial charge is 0.337 e. The minimum absolute atomic E-state index is 0.0330. The molecule has 162 valence electrons. The van der Waals surface area contributed by atoms with Gasteiger partial charge in [-0.3, -0.25) is 14.6 Å². The molecule has 1 saturated heterocycles. The molecule has 0 bridgehead atoms. The SMILES string of the molecule is C=CCN1CCN(C(=O)c2ccccc2)CC(Cc2cccc(-c3ccncc3)c2)C1=O. The van der Waals surface area contributed by atoms with Crippen molar-refractivity contribution < 1.29 is 9.59 Å². The fraction of sp³-hybridized carbons (Fsp3) is 0.222. The van der Waals surface area contributed by atoms with Gasteiger partial charge in [0.15, 0.2) is 0 Å². The van der Waals surface area contributed by atoms with Gasteiger partial charge >= 0.3 is 0 Å². The lowest BCUT2D eigenvalue weighted by atomic mass is 9.95. The minimum atomic E-state index is -0.308. The van der Waals surface area contributed by atoms with E-state index in [4.69, 9.17) is 0 Å². The zero-order chi connectivity index (χ0) is 22.3. The van der Waals surface area contributed by atoms with Crippen molar-refractivity contribution in [2.45, 2.75) is 6.42 Å². The molecule has 2 heterocycles. The molecule has 0 saturated carbocycles. The monoisotopic (exact) mass is 425 g/mol. The van der Waals surface area contributed by atoms with Crippen LogP contribution in [0.4, 0.5) is 0 Å². The van der Waals surface area contributed by atoms with Crippen LogP contribution in [0.1, 0.15) is 15.9 Å². The Kier molecular flexibility index (Phi) is 6.75. The predicted molar refractivity (Wildman–Crippen MR) is 126 cm³/mol. The van der Waals surface area contributed by atoms with E-state index in [2.05, 4.69) is 23.7 Å². The highest BCUT2D eigenvalue weighted by Gasteiger charge is 2.32. The molecule has 4 rings (SSSR count).